The molecule has 0 radical (unpaired) electrons. The first kappa shape index (κ1) is 20.1. The third-order valence-electron chi connectivity index (χ3n) is 4.22. The van der Waals surface area contributed by atoms with Gasteiger partial charge in [0.05, 0.1) is 6.54 Å². The van der Waals surface area contributed by atoms with E-state index in [1.165, 1.54) is 24.3 Å². The zero-order valence-corrected chi connectivity index (χ0v) is 15.2. The van der Waals surface area contributed by atoms with Gasteiger partial charge >= 0.3 is 12.1 Å². The summed E-state index contributed by atoms with van der Waals surface area (Å²) in [5.74, 6) is -6.95. The topological polar surface area (TPSA) is 56.7 Å². The second-order valence-corrected chi connectivity index (χ2v) is 6.56. The second kappa shape index (κ2) is 7.05. The van der Waals surface area contributed by atoms with Crippen LogP contribution in [0.4, 0.5) is 27.6 Å². The van der Waals surface area contributed by atoms with E-state index < -0.39 is 17.9 Å². The molecule has 10 heteroatoms. The molecule has 0 saturated carbocycles. The number of hydrogen-bond acceptors (Lipinski definition) is 3. The lowest BCUT2D eigenvalue weighted by molar-refractivity contribution is -0.292. The van der Waals surface area contributed by atoms with E-state index in [0.717, 1.165) is 4.68 Å². The molecule has 148 valence electrons. The lowest BCUT2D eigenvalue weighted by Gasteiger charge is -2.15. The molecule has 1 heterocycles. The maximum atomic E-state index is 13.8. The third-order valence-corrected chi connectivity index (χ3v) is 4.47. The number of benzene rings is 2. The Labute approximate surface area is 161 Å². The van der Waals surface area contributed by atoms with Gasteiger partial charge in [-0.15, -0.1) is 5.10 Å². The van der Waals surface area contributed by atoms with Gasteiger partial charge in [0.25, 0.3) is 0 Å². The maximum Gasteiger partial charge on any atom is 0.461 e. The van der Waals surface area contributed by atoms with Crippen LogP contribution >= 0.6 is 11.6 Å². The molecule has 0 fully saturated rings. The third kappa shape index (κ3) is 3.66. The summed E-state index contributed by atoms with van der Waals surface area (Å²) in [6.07, 6.45) is -5.82. The Kier molecular flexibility index (Phi) is 5.05. The predicted octanol–water partition coefficient (Wildman–Crippen LogP) is 5.19. The first-order chi connectivity index (χ1) is 13.0. The van der Waals surface area contributed by atoms with Crippen molar-refractivity contribution in [2.24, 2.45) is 0 Å². The van der Waals surface area contributed by atoms with E-state index in [1.807, 2.05) is 0 Å². The van der Waals surface area contributed by atoms with E-state index in [2.05, 4.69) is 10.1 Å². The van der Waals surface area contributed by atoms with Crippen LogP contribution in [0.15, 0.2) is 42.5 Å². The van der Waals surface area contributed by atoms with Crippen LogP contribution in [0, 0.1) is 6.92 Å². The van der Waals surface area contributed by atoms with Gasteiger partial charge in [0.2, 0.25) is 5.82 Å². The van der Waals surface area contributed by atoms with Gasteiger partial charge in [-0.25, -0.2) is 9.67 Å². The molecule has 3 rings (SSSR count). The van der Waals surface area contributed by atoms with Gasteiger partial charge in [0, 0.05) is 16.3 Å². The highest BCUT2D eigenvalue weighted by atomic mass is 35.5. The van der Waals surface area contributed by atoms with Crippen LogP contribution in [0.3, 0.4) is 0 Å². The van der Waals surface area contributed by atoms with Crippen LogP contribution in [0.25, 0.3) is 11.4 Å². The molecule has 0 aliphatic heterocycles. The molecule has 0 atom stereocenters. The summed E-state index contributed by atoms with van der Waals surface area (Å²) in [7, 11) is 0. The number of hydrogen-bond donors (Lipinski definition) is 1. The molecule has 0 unspecified atom stereocenters. The largest absolute Gasteiger partial charge is 0.461 e. The molecule has 3 aromatic rings. The van der Waals surface area contributed by atoms with Crippen LogP contribution in [-0.4, -0.2) is 20.9 Å². The number of alkyl halides is 5. The van der Waals surface area contributed by atoms with E-state index in [0.29, 0.717) is 27.4 Å². The van der Waals surface area contributed by atoms with Crippen molar-refractivity contribution in [3.8, 4) is 11.4 Å². The molecule has 2 aromatic carbocycles. The predicted molar refractivity (Wildman–Crippen MR) is 95.1 cm³/mol. The monoisotopic (exact) mass is 416 g/mol. The first-order valence-electron chi connectivity index (χ1n) is 8.00. The van der Waals surface area contributed by atoms with Crippen molar-refractivity contribution in [1.82, 2.24) is 14.8 Å². The molecule has 0 aliphatic carbocycles. The van der Waals surface area contributed by atoms with Crippen molar-refractivity contribution in [2.75, 3.05) is 5.73 Å². The fourth-order valence-electron chi connectivity index (χ4n) is 2.56. The number of halogens is 6. The molecular weight excluding hydrogens is 403 g/mol. The van der Waals surface area contributed by atoms with Crippen LogP contribution in [0.5, 0.6) is 0 Å². The molecule has 4 nitrogen and oxygen atoms in total. The fraction of sp³-hybridized carbons (Fsp3) is 0.222. The number of rotatable bonds is 4. The molecule has 28 heavy (non-hydrogen) atoms. The normalized spacial score (nSPS) is 12.4. The van der Waals surface area contributed by atoms with E-state index >= 15 is 0 Å². The molecule has 0 spiro atoms. The number of nitrogen functional groups attached to an aromatic ring is 1. The quantitative estimate of drug-likeness (QED) is 0.470. The molecular formula is C18H14ClF5N4. The smallest absolute Gasteiger partial charge is 0.399 e. The lowest BCUT2D eigenvalue weighted by Crippen LogP contribution is -2.35. The summed E-state index contributed by atoms with van der Waals surface area (Å²) in [5.41, 5.74) is 7.88. The van der Waals surface area contributed by atoms with Gasteiger partial charge in [-0.1, -0.05) is 23.7 Å². The van der Waals surface area contributed by atoms with Crippen molar-refractivity contribution < 1.29 is 22.0 Å². The standard InChI is InChI=1S/C18H14ClF5N4/c1-10-12(3-2-4-14(10)25)9-28-15(11-5-7-13(19)8-6-11)26-16(27-28)17(20,21)18(22,23)24/h2-8H,9,25H2,1H3. The zero-order chi connectivity index (χ0) is 20.7. The molecule has 0 saturated heterocycles. The van der Waals surface area contributed by atoms with Gasteiger partial charge in [-0.3, -0.25) is 0 Å². The Bertz CT molecular complexity index is 996. The first-order valence-corrected chi connectivity index (χ1v) is 8.38. The van der Waals surface area contributed by atoms with Crippen LogP contribution in [0.2, 0.25) is 5.02 Å². The van der Waals surface area contributed by atoms with Crippen LogP contribution in [-0.2, 0) is 12.5 Å². The lowest BCUT2D eigenvalue weighted by atomic mass is 10.1. The van der Waals surface area contributed by atoms with Crippen LogP contribution < -0.4 is 5.73 Å². The summed E-state index contributed by atoms with van der Waals surface area (Å²) in [4.78, 5) is 3.50. The summed E-state index contributed by atoms with van der Waals surface area (Å²) in [6.45, 7) is 1.63. The van der Waals surface area contributed by atoms with Crippen LogP contribution in [0.1, 0.15) is 17.0 Å². The maximum absolute atomic E-state index is 13.8. The minimum atomic E-state index is -5.82. The van der Waals surface area contributed by atoms with Crippen molar-refractivity contribution >= 4 is 17.3 Å². The van der Waals surface area contributed by atoms with Gasteiger partial charge in [0.15, 0.2) is 5.82 Å². The SMILES string of the molecule is Cc1c(N)cccc1Cn1nc(C(F)(F)C(F)(F)F)nc1-c1ccc(Cl)cc1. The highest BCUT2D eigenvalue weighted by Crippen LogP contribution is 2.43. The van der Waals surface area contributed by atoms with Gasteiger partial charge in [-0.05, 0) is 48.4 Å². The van der Waals surface area contributed by atoms with Gasteiger partial charge < -0.3 is 5.73 Å². The number of anilines is 1. The minimum Gasteiger partial charge on any atom is -0.399 e. The summed E-state index contributed by atoms with van der Waals surface area (Å²) in [5, 5.41) is 3.85. The Balaban J connectivity index is 2.14. The zero-order valence-electron chi connectivity index (χ0n) is 14.4. The van der Waals surface area contributed by atoms with Crippen molar-refractivity contribution in [3.05, 3.63) is 64.4 Å². The second-order valence-electron chi connectivity index (χ2n) is 6.13. The molecule has 2 N–H and O–H groups in total. The molecule has 0 amide bonds. The Morgan fingerprint density at radius 3 is 2.29 bits per heavy atom. The Morgan fingerprint density at radius 1 is 1.04 bits per heavy atom. The van der Waals surface area contributed by atoms with Gasteiger partial charge in [-0.2, -0.15) is 22.0 Å². The van der Waals surface area contributed by atoms with E-state index in [1.54, 1.807) is 25.1 Å². The number of aromatic nitrogens is 3. The van der Waals surface area contributed by atoms with Gasteiger partial charge in [0.1, 0.15) is 0 Å². The van der Waals surface area contributed by atoms with Crippen molar-refractivity contribution in [3.63, 3.8) is 0 Å². The van der Waals surface area contributed by atoms with Crippen molar-refractivity contribution in [1.29, 1.82) is 0 Å². The highest BCUT2D eigenvalue weighted by molar-refractivity contribution is 6.30. The average Bonchev–Trinajstić information content (AvgIpc) is 3.03. The van der Waals surface area contributed by atoms with E-state index in [-0.39, 0.29) is 12.4 Å². The Hall–Kier alpha value is -2.68. The summed E-state index contributed by atoms with van der Waals surface area (Å²) >= 11 is 5.82. The summed E-state index contributed by atoms with van der Waals surface area (Å²) < 4.78 is 67.0. The minimum absolute atomic E-state index is 0.0875. The molecule has 1 aromatic heterocycles. The highest BCUT2D eigenvalue weighted by Gasteiger charge is 2.62. The number of nitrogens with two attached hydrogens (primary N) is 1. The fourth-order valence-corrected chi connectivity index (χ4v) is 2.69. The average molecular weight is 417 g/mol. The Morgan fingerprint density at radius 2 is 1.68 bits per heavy atom. The summed E-state index contributed by atoms with van der Waals surface area (Å²) in [6, 6.07) is 10.9. The molecule has 0 bridgehead atoms. The van der Waals surface area contributed by atoms with Crippen molar-refractivity contribution in [2.45, 2.75) is 25.6 Å². The van der Waals surface area contributed by atoms with E-state index in [4.69, 9.17) is 17.3 Å². The number of nitrogens with zero attached hydrogens (tertiary/aromatic N) is 3. The van der Waals surface area contributed by atoms with E-state index in [9.17, 15) is 22.0 Å². The molecule has 0 aliphatic rings.